The molecule has 1 aliphatic rings. The van der Waals surface area contributed by atoms with Gasteiger partial charge in [-0.15, -0.1) is 0 Å². The standard InChI is InChI=1S/C32H36Cl3N5O3/c1-2-3-14-36-32(43)40-16-5-15-39(17-18-40)28-13-10-24(21-27(28)37-30(41)23-6-4-7-26(34)20-23)31(42)38-29(35)19-22-8-11-25(33)12-9-22/h4,6-13,20-21,29H,2-3,5,14-19H2,1H3,(H,36,43)(H,37,41)(H,38,42). The first-order chi connectivity index (χ1) is 20.7. The summed E-state index contributed by atoms with van der Waals surface area (Å²) in [5.74, 6) is -0.726. The molecule has 1 saturated heterocycles. The lowest BCUT2D eigenvalue weighted by Gasteiger charge is -2.26. The van der Waals surface area contributed by atoms with Crippen molar-refractivity contribution in [1.29, 1.82) is 0 Å². The van der Waals surface area contributed by atoms with Gasteiger partial charge in [0, 0.05) is 60.3 Å². The Morgan fingerprint density at radius 3 is 2.37 bits per heavy atom. The first kappa shape index (κ1) is 32.5. The van der Waals surface area contributed by atoms with Crippen molar-refractivity contribution in [2.75, 3.05) is 42.9 Å². The number of alkyl halides is 1. The molecule has 1 fully saturated rings. The highest BCUT2D eigenvalue weighted by molar-refractivity contribution is 6.31. The summed E-state index contributed by atoms with van der Waals surface area (Å²) in [5, 5.41) is 9.86. The van der Waals surface area contributed by atoms with Gasteiger partial charge in [0.2, 0.25) is 0 Å². The van der Waals surface area contributed by atoms with Crippen LogP contribution in [0.25, 0.3) is 0 Å². The maximum Gasteiger partial charge on any atom is 0.317 e. The van der Waals surface area contributed by atoms with E-state index in [0.717, 1.165) is 30.5 Å². The summed E-state index contributed by atoms with van der Waals surface area (Å²) in [6.45, 7) is 5.14. The molecule has 0 saturated carbocycles. The van der Waals surface area contributed by atoms with E-state index < -0.39 is 5.50 Å². The number of nitrogens with one attached hydrogen (secondary N) is 3. The lowest BCUT2D eigenvalue weighted by atomic mass is 10.1. The Morgan fingerprint density at radius 1 is 0.860 bits per heavy atom. The fourth-order valence-corrected chi connectivity index (χ4v) is 5.42. The van der Waals surface area contributed by atoms with Gasteiger partial charge in [0.05, 0.1) is 11.4 Å². The minimum absolute atomic E-state index is 0.0639. The van der Waals surface area contributed by atoms with Crippen LogP contribution in [0.3, 0.4) is 0 Å². The smallest absolute Gasteiger partial charge is 0.317 e. The number of rotatable bonds is 10. The Morgan fingerprint density at radius 2 is 1.63 bits per heavy atom. The molecule has 0 bridgehead atoms. The average molecular weight is 645 g/mol. The van der Waals surface area contributed by atoms with Crippen LogP contribution in [0.15, 0.2) is 66.7 Å². The number of halogens is 3. The Kier molecular flexibility index (Phi) is 12.0. The topological polar surface area (TPSA) is 93.8 Å². The van der Waals surface area contributed by atoms with Gasteiger partial charge in [0.1, 0.15) is 5.50 Å². The molecule has 0 radical (unpaired) electrons. The molecule has 0 aliphatic carbocycles. The molecule has 1 heterocycles. The third kappa shape index (κ3) is 9.51. The van der Waals surface area contributed by atoms with Crippen LogP contribution < -0.4 is 20.9 Å². The normalized spacial score (nSPS) is 14.0. The number of nitrogens with zero attached hydrogens (tertiary/aromatic N) is 2. The number of hydrogen-bond donors (Lipinski definition) is 3. The van der Waals surface area contributed by atoms with Gasteiger partial charge in [-0.2, -0.15) is 0 Å². The zero-order chi connectivity index (χ0) is 30.8. The van der Waals surface area contributed by atoms with E-state index in [9.17, 15) is 14.4 Å². The summed E-state index contributed by atoms with van der Waals surface area (Å²) in [7, 11) is 0. The highest BCUT2D eigenvalue weighted by atomic mass is 35.5. The van der Waals surface area contributed by atoms with Crippen LogP contribution in [-0.2, 0) is 6.42 Å². The SMILES string of the molecule is CCCCNC(=O)N1CCCN(c2ccc(C(=O)NC(Cl)Cc3ccc(Cl)cc3)cc2NC(=O)c2cccc(Cl)c2)CC1. The van der Waals surface area contributed by atoms with E-state index in [4.69, 9.17) is 34.8 Å². The lowest BCUT2D eigenvalue weighted by Crippen LogP contribution is -2.42. The highest BCUT2D eigenvalue weighted by Crippen LogP contribution is 2.29. The number of anilines is 2. The summed E-state index contributed by atoms with van der Waals surface area (Å²) in [4.78, 5) is 43.1. The van der Waals surface area contributed by atoms with Crippen LogP contribution in [-0.4, -0.2) is 61.0 Å². The van der Waals surface area contributed by atoms with E-state index in [1.165, 1.54) is 0 Å². The average Bonchev–Trinajstić information content (AvgIpc) is 3.25. The Hall–Kier alpha value is -3.46. The number of hydrogen-bond acceptors (Lipinski definition) is 4. The van der Waals surface area contributed by atoms with Crippen LogP contribution in [0, 0.1) is 0 Å². The molecule has 1 unspecified atom stereocenters. The number of carbonyl (C=O) groups is 3. The van der Waals surface area contributed by atoms with E-state index in [0.29, 0.717) is 66.0 Å². The van der Waals surface area contributed by atoms with Crippen LogP contribution in [0.1, 0.15) is 52.5 Å². The third-order valence-corrected chi connectivity index (χ3v) is 7.89. The molecular weight excluding hydrogens is 609 g/mol. The quantitative estimate of drug-likeness (QED) is 0.129. The van der Waals surface area contributed by atoms with E-state index >= 15 is 0 Å². The van der Waals surface area contributed by atoms with Crippen molar-refractivity contribution in [3.63, 3.8) is 0 Å². The maximum atomic E-state index is 13.2. The fourth-order valence-electron chi connectivity index (χ4n) is 4.83. The first-order valence-corrected chi connectivity index (χ1v) is 15.6. The second-order valence-corrected chi connectivity index (χ2v) is 11.8. The Labute approximate surface area is 267 Å². The number of unbranched alkanes of at least 4 members (excludes halogenated alkanes) is 1. The summed E-state index contributed by atoms with van der Waals surface area (Å²) in [6.07, 6.45) is 3.12. The minimum atomic E-state index is -0.655. The van der Waals surface area contributed by atoms with Gasteiger partial charge in [0.15, 0.2) is 0 Å². The molecular formula is C32H36Cl3N5O3. The molecule has 1 aliphatic heterocycles. The predicted octanol–water partition coefficient (Wildman–Crippen LogP) is 6.80. The molecule has 1 atom stereocenters. The van der Waals surface area contributed by atoms with Crippen molar-refractivity contribution in [3.8, 4) is 0 Å². The zero-order valence-corrected chi connectivity index (χ0v) is 26.3. The van der Waals surface area contributed by atoms with Gasteiger partial charge in [-0.3, -0.25) is 9.59 Å². The largest absolute Gasteiger partial charge is 0.368 e. The van der Waals surface area contributed by atoms with Crippen LogP contribution in [0.2, 0.25) is 10.0 Å². The van der Waals surface area contributed by atoms with Crippen LogP contribution in [0.4, 0.5) is 16.2 Å². The molecule has 3 aromatic carbocycles. The Bertz CT molecular complexity index is 1420. The van der Waals surface area contributed by atoms with Gasteiger partial charge in [-0.05, 0) is 66.9 Å². The maximum absolute atomic E-state index is 13.2. The van der Waals surface area contributed by atoms with Gasteiger partial charge in [-0.1, -0.05) is 66.3 Å². The van der Waals surface area contributed by atoms with Gasteiger partial charge in [0.25, 0.3) is 11.8 Å². The predicted molar refractivity (Wildman–Crippen MR) is 175 cm³/mol. The number of amides is 4. The van der Waals surface area contributed by atoms with E-state index in [-0.39, 0.29) is 17.8 Å². The molecule has 228 valence electrons. The molecule has 3 N–H and O–H groups in total. The van der Waals surface area contributed by atoms with Crippen molar-refractivity contribution in [1.82, 2.24) is 15.5 Å². The summed E-state index contributed by atoms with van der Waals surface area (Å²) in [5.41, 5.74) is 2.24. The van der Waals surface area contributed by atoms with Crippen molar-refractivity contribution >= 4 is 64.0 Å². The Balaban J connectivity index is 1.52. The number of carbonyl (C=O) groups excluding carboxylic acids is 3. The van der Waals surface area contributed by atoms with E-state index in [1.54, 1.807) is 48.5 Å². The van der Waals surface area contributed by atoms with E-state index in [2.05, 4.69) is 27.8 Å². The fraction of sp³-hybridized carbons (Fsp3) is 0.344. The highest BCUT2D eigenvalue weighted by Gasteiger charge is 2.23. The molecule has 0 aromatic heterocycles. The van der Waals surface area contributed by atoms with Crippen LogP contribution in [0.5, 0.6) is 0 Å². The van der Waals surface area contributed by atoms with Crippen molar-refractivity contribution < 1.29 is 14.4 Å². The van der Waals surface area contributed by atoms with Crippen LogP contribution >= 0.6 is 34.8 Å². The molecule has 43 heavy (non-hydrogen) atoms. The molecule has 0 spiro atoms. The summed E-state index contributed by atoms with van der Waals surface area (Å²) < 4.78 is 0. The second-order valence-electron chi connectivity index (χ2n) is 10.4. The number of benzene rings is 3. The van der Waals surface area contributed by atoms with E-state index in [1.807, 2.05) is 23.1 Å². The molecule has 8 nitrogen and oxygen atoms in total. The summed E-state index contributed by atoms with van der Waals surface area (Å²) in [6, 6.07) is 19.1. The van der Waals surface area contributed by atoms with Crippen molar-refractivity contribution in [2.45, 2.75) is 38.1 Å². The third-order valence-electron chi connectivity index (χ3n) is 7.14. The van der Waals surface area contributed by atoms with Gasteiger partial charge in [-0.25, -0.2) is 4.79 Å². The minimum Gasteiger partial charge on any atom is -0.368 e. The van der Waals surface area contributed by atoms with Gasteiger partial charge >= 0.3 is 6.03 Å². The van der Waals surface area contributed by atoms with Gasteiger partial charge < -0.3 is 25.8 Å². The molecule has 4 rings (SSSR count). The van der Waals surface area contributed by atoms with Crippen molar-refractivity contribution in [3.05, 3.63) is 93.5 Å². The molecule has 3 aromatic rings. The molecule has 4 amide bonds. The number of urea groups is 1. The zero-order valence-electron chi connectivity index (χ0n) is 24.0. The molecule has 11 heteroatoms. The van der Waals surface area contributed by atoms with Crippen molar-refractivity contribution in [2.24, 2.45) is 0 Å². The lowest BCUT2D eigenvalue weighted by molar-refractivity contribution is 0.0947. The first-order valence-electron chi connectivity index (χ1n) is 14.4. The monoisotopic (exact) mass is 643 g/mol. The second kappa shape index (κ2) is 15.8. The summed E-state index contributed by atoms with van der Waals surface area (Å²) >= 11 is 18.6.